The van der Waals surface area contributed by atoms with Crippen LogP contribution in [-0.4, -0.2) is 24.6 Å². The number of carbonyl (C=O) groups excluding carboxylic acids is 1. The molecule has 0 saturated heterocycles. The second-order valence-corrected chi connectivity index (χ2v) is 6.13. The van der Waals surface area contributed by atoms with Gasteiger partial charge < -0.3 is 15.8 Å². The first-order valence-corrected chi connectivity index (χ1v) is 8.39. The molecule has 0 heterocycles. The van der Waals surface area contributed by atoms with Gasteiger partial charge in [-0.2, -0.15) is 0 Å². The molecule has 0 saturated carbocycles. The predicted octanol–water partition coefficient (Wildman–Crippen LogP) is 3.37. The zero-order valence-corrected chi connectivity index (χ0v) is 14.4. The lowest BCUT2D eigenvalue weighted by Gasteiger charge is -2.22. The molecule has 4 heteroatoms. The fourth-order valence-corrected chi connectivity index (χ4v) is 2.61. The van der Waals surface area contributed by atoms with E-state index in [9.17, 15) is 4.79 Å². The van der Waals surface area contributed by atoms with E-state index in [0.29, 0.717) is 19.6 Å². The predicted molar refractivity (Wildman–Crippen MR) is 97.9 cm³/mol. The Kier molecular flexibility index (Phi) is 6.38. The number of hydrogen-bond acceptors (Lipinski definition) is 3. The number of rotatable bonds is 8. The molecule has 1 unspecified atom stereocenters. The SMILES string of the molecule is CCCC(C)(N)C(=O)NCCOc1ccccc1-c1ccccc1. The van der Waals surface area contributed by atoms with E-state index in [2.05, 4.69) is 17.4 Å². The van der Waals surface area contributed by atoms with Crippen LogP contribution in [0.25, 0.3) is 11.1 Å². The Labute approximate surface area is 144 Å². The molecule has 3 N–H and O–H groups in total. The first kappa shape index (κ1) is 18.0. The van der Waals surface area contributed by atoms with Gasteiger partial charge in [-0.1, -0.05) is 61.9 Å². The quantitative estimate of drug-likeness (QED) is 0.731. The topological polar surface area (TPSA) is 64.4 Å². The van der Waals surface area contributed by atoms with Crippen molar-refractivity contribution in [1.29, 1.82) is 0 Å². The Morgan fingerprint density at radius 2 is 1.79 bits per heavy atom. The van der Waals surface area contributed by atoms with Gasteiger partial charge >= 0.3 is 0 Å². The standard InChI is InChI=1S/C20H26N2O2/c1-3-13-20(2,21)19(23)22-14-15-24-18-12-8-7-11-17(18)16-9-5-4-6-10-16/h4-12H,3,13-15,21H2,1-2H3,(H,22,23). The van der Waals surface area contributed by atoms with Gasteiger partial charge in [0.15, 0.2) is 0 Å². The largest absolute Gasteiger partial charge is 0.491 e. The molecule has 2 rings (SSSR count). The van der Waals surface area contributed by atoms with E-state index in [-0.39, 0.29) is 5.91 Å². The molecule has 1 amide bonds. The summed E-state index contributed by atoms with van der Waals surface area (Å²) in [4.78, 5) is 12.1. The highest BCUT2D eigenvalue weighted by Gasteiger charge is 2.26. The van der Waals surface area contributed by atoms with Crippen LogP contribution in [0, 0.1) is 0 Å². The van der Waals surface area contributed by atoms with Crippen LogP contribution in [0.4, 0.5) is 0 Å². The van der Waals surface area contributed by atoms with Gasteiger partial charge in [0, 0.05) is 5.56 Å². The van der Waals surface area contributed by atoms with Gasteiger partial charge in [0.2, 0.25) is 5.91 Å². The van der Waals surface area contributed by atoms with Gasteiger partial charge in [0.05, 0.1) is 12.1 Å². The van der Waals surface area contributed by atoms with Crippen molar-refractivity contribution in [3.05, 3.63) is 54.6 Å². The van der Waals surface area contributed by atoms with E-state index in [1.54, 1.807) is 6.92 Å². The number of nitrogens with two attached hydrogens (primary N) is 1. The van der Waals surface area contributed by atoms with Gasteiger partial charge in [-0.25, -0.2) is 0 Å². The van der Waals surface area contributed by atoms with Crippen molar-refractivity contribution in [1.82, 2.24) is 5.32 Å². The molecule has 2 aromatic rings. The van der Waals surface area contributed by atoms with Crippen LogP contribution in [0.5, 0.6) is 5.75 Å². The van der Waals surface area contributed by atoms with Crippen LogP contribution in [-0.2, 0) is 4.79 Å². The van der Waals surface area contributed by atoms with Gasteiger partial charge in [0.1, 0.15) is 12.4 Å². The molecule has 0 spiro atoms. The molecular formula is C20H26N2O2. The first-order valence-electron chi connectivity index (χ1n) is 8.39. The van der Waals surface area contributed by atoms with Crippen LogP contribution in [0.1, 0.15) is 26.7 Å². The van der Waals surface area contributed by atoms with E-state index in [4.69, 9.17) is 10.5 Å². The van der Waals surface area contributed by atoms with Crippen molar-refractivity contribution in [2.45, 2.75) is 32.2 Å². The number of ether oxygens (including phenoxy) is 1. The van der Waals surface area contributed by atoms with E-state index in [1.807, 2.05) is 49.4 Å². The van der Waals surface area contributed by atoms with E-state index >= 15 is 0 Å². The van der Waals surface area contributed by atoms with Crippen molar-refractivity contribution in [3.8, 4) is 16.9 Å². The molecule has 24 heavy (non-hydrogen) atoms. The molecule has 4 nitrogen and oxygen atoms in total. The monoisotopic (exact) mass is 326 g/mol. The number of carbonyl (C=O) groups is 1. The van der Waals surface area contributed by atoms with E-state index in [0.717, 1.165) is 23.3 Å². The summed E-state index contributed by atoms with van der Waals surface area (Å²) in [6.45, 7) is 4.61. The molecule has 1 atom stereocenters. The summed E-state index contributed by atoms with van der Waals surface area (Å²) >= 11 is 0. The third kappa shape index (κ3) is 4.83. The van der Waals surface area contributed by atoms with Crippen LogP contribution in [0.3, 0.4) is 0 Å². The summed E-state index contributed by atoms with van der Waals surface area (Å²) < 4.78 is 5.86. The number of benzene rings is 2. The number of hydrogen-bond donors (Lipinski definition) is 2. The van der Waals surface area contributed by atoms with Crippen molar-refractivity contribution in [2.24, 2.45) is 5.73 Å². The highest BCUT2D eigenvalue weighted by molar-refractivity contribution is 5.85. The fraction of sp³-hybridized carbons (Fsp3) is 0.350. The lowest BCUT2D eigenvalue weighted by Crippen LogP contribution is -2.52. The molecular weight excluding hydrogens is 300 g/mol. The third-order valence-corrected chi connectivity index (χ3v) is 3.91. The molecule has 0 aliphatic heterocycles. The van der Waals surface area contributed by atoms with Crippen LogP contribution in [0.2, 0.25) is 0 Å². The van der Waals surface area contributed by atoms with Crippen molar-refractivity contribution in [3.63, 3.8) is 0 Å². The Balaban J connectivity index is 1.91. The molecule has 128 valence electrons. The lowest BCUT2D eigenvalue weighted by atomic mass is 9.97. The molecule has 0 aromatic heterocycles. The molecule has 2 aromatic carbocycles. The summed E-state index contributed by atoms with van der Waals surface area (Å²) in [5.74, 6) is 0.673. The Morgan fingerprint density at radius 3 is 2.50 bits per heavy atom. The molecule has 0 aliphatic rings. The number of amides is 1. The summed E-state index contributed by atoms with van der Waals surface area (Å²) in [5, 5.41) is 2.85. The maximum atomic E-state index is 12.1. The molecule has 0 radical (unpaired) electrons. The van der Waals surface area contributed by atoms with Gasteiger partial charge in [-0.05, 0) is 25.0 Å². The fourth-order valence-electron chi connectivity index (χ4n) is 2.61. The smallest absolute Gasteiger partial charge is 0.239 e. The van der Waals surface area contributed by atoms with Crippen molar-refractivity contribution in [2.75, 3.05) is 13.2 Å². The maximum Gasteiger partial charge on any atom is 0.239 e. The van der Waals surface area contributed by atoms with Crippen molar-refractivity contribution < 1.29 is 9.53 Å². The molecule has 0 fully saturated rings. The molecule has 0 bridgehead atoms. The minimum atomic E-state index is -0.823. The van der Waals surface area contributed by atoms with Crippen LogP contribution >= 0.6 is 0 Å². The minimum absolute atomic E-state index is 0.135. The third-order valence-electron chi connectivity index (χ3n) is 3.91. The summed E-state index contributed by atoms with van der Waals surface area (Å²) in [6.07, 6.45) is 1.54. The Bertz CT molecular complexity index is 654. The normalized spacial score (nSPS) is 13.1. The minimum Gasteiger partial charge on any atom is -0.491 e. The second-order valence-electron chi connectivity index (χ2n) is 6.13. The summed E-state index contributed by atoms with van der Waals surface area (Å²) in [7, 11) is 0. The second kappa shape index (κ2) is 8.50. The average Bonchev–Trinajstić information content (AvgIpc) is 2.59. The Hall–Kier alpha value is -2.33. The van der Waals surface area contributed by atoms with Gasteiger partial charge in [-0.15, -0.1) is 0 Å². The lowest BCUT2D eigenvalue weighted by molar-refractivity contribution is -0.126. The maximum absolute atomic E-state index is 12.1. The van der Waals surface area contributed by atoms with Crippen LogP contribution in [0.15, 0.2) is 54.6 Å². The first-order chi connectivity index (χ1) is 11.5. The van der Waals surface area contributed by atoms with Crippen LogP contribution < -0.4 is 15.8 Å². The Morgan fingerprint density at radius 1 is 1.12 bits per heavy atom. The number of nitrogens with one attached hydrogen (secondary N) is 1. The van der Waals surface area contributed by atoms with Gasteiger partial charge in [-0.3, -0.25) is 4.79 Å². The highest BCUT2D eigenvalue weighted by Crippen LogP contribution is 2.29. The highest BCUT2D eigenvalue weighted by atomic mass is 16.5. The van der Waals surface area contributed by atoms with Crippen molar-refractivity contribution >= 4 is 5.91 Å². The average molecular weight is 326 g/mol. The molecule has 0 aliphatic carbocycles. The summed E-state index contributed by atoms with van der Waals surface area (Å²) in [6, 6.07) is 18.0. The number of para-hydroxylation sites is 1. The zero-order valence-electron chi connectivity index (χ0n) is 14.4. The van der Waals surface area contributed by atoms with E-state index in [1.165, 1.54) is 0 Å². The summed E-state index contributed by atoms with van der Waals surface area (Å²) in [5.41, 5.74) is 7.34. The zero-order chi connectivity index (χ0) is 17.4. The van der Waals surface area contributed by atoms with E-state index < -0.39 is 5.54 Å². The van der Waals surface area contributed by atoms with Gasteiger partial charge in [0.25, 0.3) is 0 Å².